The van der Waals surface area contributed by atoms with Crippen molar-refractivity contribution in [2.45, 2.75) is 38.1 Å². The predicted octanol–water partition coefficient (Wildman–Crippen LogP) is 0.326. The van der Waals surface area contributed by atoms with Gasteiger partial charge in [0.05, 0.1) is 5.92 Å². The van der Waals surface area contributed by atoms with Crippen molar-refractivity contribution in [1.29, 1.82) is 0 Å². The maximum atomic E-state index is 11.5. The molecule has 4 nitrogen and oxygen atoms in total. The molecule has 0 bridgehead atoms. The molecular weight excluding hydrogens is 202 g/mol. The number of nitrogens with one attached hydrogen (secondary N) is 1. The number of carbonyl (C=O) groups is 1. The summed E-state index contributed by atoms with van der Waals surface area (Å²) >= 11 is 0. The van der Waals surface area contributed by atoms with Crippen LogP contribution in [0.4, 0.5) is 0 Å². The van der Waals surface area contributed by atoms with Gasteiger partial charge in [-0.25, -0.2) is 0 Å². The van der Waals surface area contributed by atoms with Crippen LogP contribution in [0.2, 0.25) is 0 Å². The number of likely N-dealkylation sites (tertiary alicyclic amines) is 1. The first-order valence-electron chi connectivity index (χ1n) is 6.53. The Kier molecular flexibility index (Phi) is 4.18. The zero-order valence-corrected chi connectivity index (χ0v) is 9.95. The third kappa shape index (κ3) is 3.46. The molecule has 3 N–H and O–H groups in total. The highest BCUT2D eigenvalue weighted by molar-refractivity contribution is 5.82. The summed E-state index contributed by atoms with van der Waals surface area (Å²) in [6.45, 7) is 4.16. The van der Waals surface area contributed by atoms with Crippen LogP contribution in [-0.2, 0) is 4.79 Å². The predicted molar refractivity (Wildman–Crippen MR) is 64.0 cm³/mol. The van der Waals surface area contributed by atoms with Gasteiger partial charge in [0, 0.05) is 19.1 Å². The minimum atomic E-state index is 0.101. The topological polar surface area (TPSA) is 58.4 Å². The van der Waals surface area contributed by atoms with E-state index in [9.17, 15) is 4.79 Å². The van der Waals surface area contributed by atoms with E-state index in [4.69, 9.17) is 5.73 Å². The van der Waals surface area contributed by atoms with Gasteiger partial charge in [0.2, 0.25) is 5.91 Å². The van der Waals surface area contributed by atoms with E-state index in [2.05, 4.69) is 10.2 Å². The SMILES string of the molecule is NC1CC1C(=O)NCCN1CCCCCC1. The van der Waals surface area contributed by atoms with Gasteiger partial charge in [0.15, 0.2) is 0 Å². The molecule has 0 spiro atoms. The van der Waals surface area contributed by atoms with E-state index in [0.29, 0.717) is 0 Å². The first-order chi connectivity index (χ1) is 7.77. The normalized spacial score (nSPS) is 30.8. The first-order valence-corrected chi connectivity index (χ1v) is 6.53. The molecule has 0 aromatic heterocycles. The molecule has 1 amide bonds. The standard InChI is InChI=1S/C12H23N3O/c13-11-9-10(11)12(16)14-5-8-15-6-3-1-2-4-7-15/h10-11H,1-9,13H2,(H,14,16). The Hall–Kier alpha value is -0.610. The van der Waals surface area contributed by atoms with Gasteiger partial charge in [-0.3, -0.25) is 4.79 Å². The van der Waals surface area contributed by atoms with Crippen LogP contribution in [0.1, 0.15) is 32.1 Å². The first kappa shape index (κ1) is 11.9. The largest absolute Gasteiger partial charge is 0.355 e. The lowest BCUT2D eigenvalue weighted by Crippen LogP contribution is -2.36. The second kappa shape index (κ2) is 5.64. The molecule has 2 atom stereocenters. The molecule has 1 saturated carbocycles. The third-order valence-corrected chi connectivity index (χ3v) is 3.60. The Bertz CT molecular complexity index is 236. The Morgan fingerprint density at radius 3 is 2.44 bits per heavy atom. The highest BCUT2D eigenvalue weighted by Crippen LogP contribution is 2.27. The highest BCUT2D eigenvalue weighted by atomic mass is 16.2. The van der Waals surface area contributed by atoms with Crippen LogP contribution in [-0.4, -0.2) is 43.0 Å². The summed E-state index contributed by atoms with van der Waals surface area (Å²) < 4.78 is 0. The number of hydrogen-bond donors (Lipinski definition) is 2. The van der Waals surface area contributed by atoms with Crippen molar-refractivity contribution in [1.82, 2.24) is 10.2 Å². The van der Waals surface area contributed by atoms with Crippen molar-refractivity contribution in [3.63, 3.8) is 0 Å². The fourth-order valence-corrected chi connectivity index (χ4v) is 2.34. The van der Waals surface area contributed by atoms with Crippen molar-refractivity contribution in [2.24, 2.45) is 11.7 Å². The smallest absolute Gasteiger partial charge is 0.224 e. The zero-order valence-electron chi connectivity index (χ0n) is 9.95. The van der Waals surface area contributed by atoms with Crippen molar-refractivity contribution in [3.05, 3.63) is 0 Å². The van der Waals surface area contributed by atoms with E-state index in [1.807, 2.05) is 0 Å². The van der Waals surface area contributed by atoms with Gasteiger partial charge in [-0.05, 0) is 32.4 Å². The molecule has 2 aliphatic rings. The molecule has 92 valence electrons. The Morgan fingerprint density at radius 1 is 1.25 bits per heavy atom. The van der Waals surface area contributed by atoms with Crippen LogP contribution >= 0.6 is 0 Å². The van der Waals surface area contributed by atoms with E-state index in [1.54, 1.807) is 0 Å². The zero-order chi connectivity index (χ0) is 11.4. The number of hydrogen-bond acceptors (Lipinski definition) is 3. The summed E-state index contributed by atoms with van der Waals surface area (Å²) in [5, 5.41) is 2.98. The van der Waals surface area contributed by atoms with Gasteiger partial charge in [0.1, 0.15) is 0 Å². The average molecular weight is 225 g/mol. The average Bonchev–Trinajstić information content (AvgIpc) is 3.02. The highest BCUT2D eigenvalue weighted by Gasteiger charge is 2.39. The molecule has 2 rings (SSSR count). The van der Waals surface area contributed by atoms with Crippen molar-refractivity contribution in [2.75, 3.05) is 26.2 Å². The van der Waals surface area contributed by atoms with E-state index < -0.39 is 0 Å². The molecule has 1 aliphatic carbocycles. The molecule has 0 radical (unpaired) electrons. The lowest BCUT2D eigenvalue weighted by atomic mass is 10.2. The lowest BCUT2D eigenvalue weighted by molar-refractivity contribution is -0.122. The van der Waals surface area contributed by atoms with E-state index in [-0.39, 0.29) is 17.9 Å². The van der Waals surface area contributed by atoms with Crippen molar-refractivity contribution < 1.29 is 4.79 Å². The molecule has 1 aliphatic heterocycles. The fourth-order valence-electron chi connectivity index (χ4n) is 2.34. The van der Waals surface area contributed by atoms with E-state index in [1.165, 1.54) is 38.8 Å². The second-order valence-corrected chi connectivity index (χ2v) is 5.05. The van der Waals surface area contributed by atoms with Gasteiger partial charge in [-0.15, -0.1) is 0 Å². The lowest BCUT2D eigenvalue weighted by Gasteiger charge is -2.19. The molecule has 4 heteroatoms. The summed E-state index contributed by atoms with van der Waals surface area (Å²) in [5.41, 5.74) is 5.63. The van der Waals surface area contributed by atoms with Gasteiger partial charge < -0.3 is 16.0 Å². The van der Waals surface area contributed by atoms with Gasteiger partial charge in [0.25, 0.3) is 0 Å². The number of nitrogens with zero attached hydrogens (tertiary/aromatic N) is 1. The molecule has 0 aromatic carbocycles. The summed E-state index contributed by atoms with van der Waals surface area (Å²) in [6, 6.07) is 0.123. The fraction of sp³-hybridized carbons (Fsp3) is 0.917. The van der Waals surface area contributed by atoms with Crippen molar-refractivity contribution in [3.8, 4) is 0 Å². The van der Waals surface area contributed by atoms with E-state index in [0.717, 1.165) is 19.5 Å². The van der Waals surface area contributed by atoms with Crippen LogP contribution in [0.25, 0.3) is 0 Å². The van der Waals surface area contributed by atoms with Crippen LogP contribution in [0, 0.1) is 5.92 Å². The quantitative estimate of drug-likeness (QED) is 0.725. The number of amides is 1. The monoisotopic (exact) mass is 225 g/mol. The minimum Gasteiger partial charge on any atom is -0.355 e. The van der Waals surface area contributed by atoms with E-state index >= 15 is 0 Å². The number of carbonyl (C=O) groups excluding carboxylic acids is 1. The number of nitrogens with two attached hydrogens (primary N) is 1. The molecule has 2 fully saturated rings. The minimum absolute atomic E-state index is 0.101. The van der Waals surface area contributed by atoms with Gasteiger partial charge in [-0.2, -0.15) is 0 Å². The molecular formula is C12H23N3O. The van der Waals surface area contributed by atoms with Crippen LogP contribution in [0.3, 0.4) is 0 Å². The summed E-state index contributed by atoms with van der Waals surface area (Å²) in [6.07, 6.45) is 6.21. The molecule has 2 unspecified atom stereocenters. The third-order valence-electron chi connectivity index (χ3n) is 3.60. The molecule has 16 heavy (non-hydrogen) atoms. The Labute approximate surface area is 97.6 Å². The maximum absolute atomic E-state index is 11.5. The van der Waals surface area contributed by atoms with Crippen LogP contribution in [0.5, 0.6) is 0 Å². The van der Waals surface area contributed by atoms with Gasteiger partial charge >= 0.3 is 0 Å². The molecule has 0 aromatic rings. The Balaban J connectivity index is 1.58. The van der Waals surface area contributed by atoms with Gasteiger partial charge in [-0.1, -0.05) is 12.8 Å². The maximum Gasteiger partial charge on any atom is 0.224 e. The van der Waals surface area contributed by atoms with Crippen LogP contribution < -0.4 is 11.1 Å². The number of rotatable bonds is 4. The summed E-state index contributed by atoms with van der Waals surface area (Å²) in [4.78, 5) is 14.0. The summed E-state index contributed by atoms with van der Waals surface area (Å²) in [5.74, 6) is 0.256. The molecule has 1 saturated heterocycles. The van der Waals surface area contributed by atoms with Crippen molar-refractivity contribution >= 4 is 5.91 Å². The second-order valence-electron chi connectivity index (χ2n) is 5.05. The van der Waals surface area contributed by atoms with Crippen LogP contribution in [0.15, 0.2) is 0 Å². The molecule has 1 heterocycles. The summed E-state index contributed by atoms with van der Waals surface area (Å²) in [7, 11) is 0. The Morgan fingerprint density at radius 2 is 1.88 bits per heavy atom.